The Morgan fingerprint density at radius 1 is 1.27 bits per heavy atom. The van der Waals surface area contributed by atoms with E-state index < -0.39 is 0 Å². The molecule has 6 nitrogen and oxygen atoms in total. The average molecular weight is 299 g/mol. The number of ether oxygens (including phenoxy) is 1. The van der Waals surface area contributed by atoms with Crippen molar-refractivity contribution in [1.29, 1.82) is 0 Å². The zero-order chi connectivity index (χ0) is 15.1. The molecule has 0 radical (unpaired) electrons. The quantitative estimate of drug-likeness (QED) is 0.867. The first-order chi connectivity index (χ1) is 10.7. The van der Waals surface area contributed by atoms with E-state index in [-0.39, 0.29) is 6.10 Å². The highest BCUT2D eigenvalue weighted by atomic mass is 16.5. The van der Waals surface area contributed by atoms with Crippen LogP contribution in [-0.2, 0) is 11.8 Å². The molecule has 2 fully saturated rings. The lowest BCUT2D eigenvalue weighted by Gasteiger charge is -2.33. The molecule has 0 N–H and O–H groups in total. The molecule has 3 heterocycles. The summed E-state index contributed by atoms with van der Waals surface area (Å²) in [5, 5.41) is 4.24. The normalized spacial score (nSPS) is 22.1. The van der Waals surface area contributed by atoms with Gasteiger partial charge in [0.2, 0.25) is 0 Å². The molecule has 116 valence electrons. The molecule has 0 amide bonds. The first-order valence-corrected chi connectivity index (χ1v) is 7.90. The summed E-state index contributed by atoms with van der Waals surface area (Å²) >= 11 is 0. The molecular weight excluding hydrogens is 278 g/mol. The predicted octanol–water partition coefficient (Wildman–Crippen LogP) is 1.97. The number of morpholine rings is 1. The van der Waals surface area contributed by atoms with Gasteiger partial charge in [0, 0.05) is 49.6 Å². The minimum Gasteiger partial charge on any atom is -0.370 e. The van der Waals surface area contributed by atoms with E-state index in [1.807, 2.05) is 24.1 Å². The number of anilines is 1. The summed E-state index contributed by atoms with van der Waals surface area (Å²) in [4.78, 5) is 11.7. The lowest BCUT2D eigenvalue weighted by Crippen LogP contribution is -2.39. The molecule has 2 aromatic rings. The molecule has 1 unspecified atom stereocenters. The highest BCUT2D eigenvalue weighted by molar-refractivity contribution is 5.41. The lowest BCUT2D eigenvalue weighted by molar-refractivity contribution is 0.0394. The van der Waals surface area contributed by atoms with Crippen molar-refractivity contribution in [2.45, 2.75) is 31.8 Å². The van der Waals surface area contributed by atoms with Gasteiger partial charge in [0.1, 0.15) is 17.7 Å². The second-order valence-electron chi connectivity index (χ2n) is 6.25. The smallest absolute Gasteiger partial charge is 0.134 e. The minimum absolute atomic E-state index is 0.0575. The van der Waals surface area contributed by atoms with Gasteiger partial charge in [-0.25, -0.2) is 9.97 Å². The summed E-state index contributed by atoms with van der Waals surface area (Å²) in [6, 6.07) is 2.08. The molecule has 2 aliphatic rings. The summed E-state index contributed by atoms with van der Waals surface area (Å²) in [5.41, 5.74) is 2.18. The lowest BCUT2D eigenvalue weighted by atomic mass is 10.1. The number of aromatic nitrogens is 4. The molecule has 0 spiro atoms. The molecule has 1 saturated carbocycles. The Labute approximate surface area is 130 Å². The average Bonchev–Trinajstić information content (AvgIpc) is 3.29. The standard InChI is InChI=1S/C16H21N5O/c1-11-7-15(19-16(18-11)12-3-4-12)21-5-6-22-14(10-21)13-8-17-20(2)9-13/h7-9,12,14H,3-6,10H2,1-2H3. The second kappa shape index (κ2) is 5.35. The van der Waals surface area contributed by atoms with Gasteiger partial charge in [0.05, 0.1) is 12.8 Å². The third kappa shape index (κ3) is 2.70. The van der Waals surface area contributed by atoms with Crippen LogP contribution in [0.3, 0.4) is 0 Å². The van der Waals surface area contributed by atoms with E-state index in [4.69, 9.17) is 9.72 Å². The van der Waals surface area contributed by atoms with Crippen LogP contribution in [0.2, 0.25) is 0 Å². The first-order valence-electron chi connectivity index (χ1n) is 7.90. The molecule has 1 saturated heterocycles. The molecule has 2 aromatic heterocycles. The van der Waals surface area contributed by atoms with E-state index >= 15 is 0 Å². The SMILES string of the molecule is Cc1cc(N2CCOC(c3cnn(C)c3)C2)nc(C2CC2)n1. The molecule has 0 aromatic carbocycles. The number of hydrogen-bond donors (Lipinski definition) is 0. The topological polar surface area (TPSA) is 56.1 Å². The monoisotopic (exact) mass is 299 g/mol. The largest absolute Gasteiger partial charge is 0.370 e. The summed E-state index contributed by atoms with van der Waals surface area (Å²) in [5.74, 6) is 2.62. The Morgan fingerprint density at radius 3 is 2.86 bits per heavy atom. The van der Waals surface area contributed by atoms with Crippen LogP contribution in [0, 0.1) is 6.92 Å². The molecule has 1 aliphatic heterocycles. The summed E-state index contributed by atoms with van der Waals surface area (Å²) in [7, 11) is 1.93. The van der Waals surface area contributed by atoms with E-state index in [1.165, 1.54) is 12.8 Å². The van der Waals surface area contributed by atoms with E-state index in [1.54, 1.807) is 0 Å². The maximum atomic E-state index is 5.91. The van der Waals surface area contributed by atoms with Crippen LogP contribution >= 0.6 is 0 Å². The van der Waals surface area contributed by atoms with E-state index in [0.717, 1.165) is 36.0 Å². The fourth-order valence-electron chi connectivity index (χ4n) is 2.93. The fourth-order valence-corrected chi connectivity index (χ4v) is 2.93. The summed E-state index contributed by atoms with van der Waals surface area (Å²) < 4.78 is 7.73. The maximum absolute atomic E-state index is 5.91. The van der Waals surface area contributed by atoms with Crippen molar-refractivity contribution in [1.82, 2.24) is 19.7 Å². The van der Waals surface area contributed by atoms with Crippen LogP contribution in [0.5, 0.6) is 0 Å². The van der Waals surface area contributed by atoms with E-state index in [9.17, 15) is 0 Å². The summed E-state index contributed by atoms with van der Waals surface area (Å²) in [6.07, 6.45) is 6.42. The van der Waals surface area contributed by atoms with Crippen LogP contribution in [0.25, 0.3) is 0 Å². The Kier molecular flexibility index (Phi) is 3.33. The molecular formula is C16H21N5O. The molecule has 0 bridgehead atoms. The van der Waals surface area contributed by atoms with Crippen LogP contribution in [-0.4, -0.2) is 39.4 Å². The third-order valence-corrected chi connectivity index (χ3v) is 4.29. The Balaban J connectivity index is 1.57. The van der Waals surface area contributed by atoms with Gasteiger partial charge in [0.25, 0.3) is 0 Å². The third-order valence-electron chi connectivity index (χ3n) is 4.29. The van der Waals surface area contributed by atoms with Gasteiger partial charge < -0.3 is 9.64 Å². The molecule has 1 atom stereocenters. The predicted molar refractivity (Wildman–Crippen MR) is 82.9 cm³/mol. The van der Waals surface area contributed by atoms with Gasteiger partial charge in [0.15, 0.2) is 0 Å². The van der Waals surface area contributed by atoms with Crippen LogP contribution in [0.15, 0.2) is 18.5 Å². The molecule has 4 rings (SSSR count). The van der Waals surface area contributed by atoms with Gasteiger partial charge in [-0.05, 0) is 19.8 Å². The first kappa shape index (κ1) is 13.7. The Hall–Kier alpha value is -1.95. The van der Waals surface area contributed by atoms with Crippen molar-refractivity contribution in [3.63, 3.8) is 0 Å². The highest BCUT2D eigenvalue weighted by Crippen LogP contribution is 2.38. The fraction of sp³-hybridized carbons (Fsp3) is 0.562. The highest BCUT2D eigenvalue weighted by Gasteiger charge is 2.29. The minimum atomic E-state index is 0.0575. The number of rotatable bonds is 3. The van der Waals surface area contributed by atoms with Crippen molar-refractivity contribution >= 4 is 5.82 Å². The Morgan fingerprint density at radius 2 is 2.14 bits per heavy atom. The van der Waals surface area contributed by atoms with Crippen LogP contribution < -0.4 is 4.90 Å². The maximum Gasteiger partial charge on any atom is 0.134 e. The zero-order valence-electron chi connectivity index (χ0n) is 13.1. The van der Waals surface area contributed by atoms with Crippen molar-refractivity contribution < 1.29 is 4.74 Å². The van der Waals surface area contributed by atoms with Crippen molar-refractivity contribution in [2.24, 2.45) is 7.05 Å². The molecule has 6 heteroatoms. The summed E-state index contributed by atoms with van der Waals surface area (Å²) in [6.45, 7) is 4.45. The van der Waals surface area contributed by atoms with Gasteiger partial charge in [-0.15, -0.1) is 0 Å². The van der Waals surface area contributed by atoms with Gasteiger partial charge in [-0.2, -0.15) is 5.10 Å². The number of aryl methyl sites for hydroxylation is 2. The number of nitrogens with zero attached hydrogens (tertiary/aromatic N) is 5. The van der Waals surface area contributed by atoms with E-state index in [2.05, 4.69) is 28.0 Å². The van der Waals surface area contributed by atoms with Crippen molar-refractivity contribution in [3.8, 4) is 0 Å². The second-order valence-corrected chi connectivity index (χ2v) is 6.25. The van der Waals surface area contributed by atoms with E-state index in [0.29, 0.717) is 12.5 Å². The van der Waals surface area contributed by atoms with Gasteiger partial charge in [-0.1, -0.05) is 0 Å². The zero-order valence-corrected chi connectivity index (χ0v) is 13.1. The van der Waals surface area contributed by atoms with Crippen LogP contribution in [0.4, 0.5) is 5.82 Å². The number of hydrogen-bond acceptors (Lipinski definition) is 5. The van der Waals surface area contributed by atoms with Crippen molar-refractivity contribution in [3.05, 3.63) is 35.5 Å². The van der Waals surface area contributed by atoms with Crippen molar-refractivity contribution in [2.75, 3.05) is 24.6 Å². The molecule has 1 aliphatic carbocycles. The Bertz CT molecular complexity index is 679. The van der Waals surface area contributed by atoms with Crippen LogP contribution in [0.1, 0.15) is 41.9 Å². The van der Waals surface area contributed by atoms with Gasteiger partial charge in [-0.3, -0.25) is 4.68 Å². The molecule has 22 heavy (non-hydrogen) atoms. The van der Waals surface area contributed by atoms with Gasteiger partial charge >= 0.3 is 0 Å².